The number of benzene rings is 1. The van der Waals surface area contributed by atoms with E-state index < -0.39 is 0 Å². The van der Waals surface area contributed by atoms with Crippen molar-refractivity contribution in [2.75, 3.05) is 18.1 Å². The van der Waals surface area contributed by atoms with E-state index in [1.165, 1.54) is 17.8 Å². The van der Waals surface area contributed by atoms with Crippen LogP contribution in [-0.2, 0) is 11.3 Å². The smallest absolute Gasteiger partial charge is 0.230 e. The third-order valence-corrected chi connectivity index (χ3v) is 5.26. The molecule has 0 aliphatic carbocycles. The van der Waals surface area contributed by atoms with E-state index in [1.807, 2.05) is 35.7 Å². The summed E-state index contributed by atoms with van der Waals surface area (Å²) < 4.78 is 0. The second-order valence-electron chi connectivity index (χ2n) is 6.11. The molecular formula is C18H23N3O2S. The van der Waals surface area contributed by atoms with Gasteiger partial charge in [0.2, 0.25) is 5.91 Å². The minimum atomic E-state index is -0.0479. The molecule has 0 spiro atoms. The van der Waals surface area contributed by atoms with Crippen molar-refractivity contribution < 1.29 is 9.90 Å². The predicted octanol–water partition coefficient (Wildman–Crippen LogP) is 3.17. The van der Waals surface area contributed by atoms with E-state index in [0.717, 1.165) is 37.3 Å². The van der Waals surface area contributed by atoms with Crippen LogP contribution in [0.3, 0.4) is 0 Å². The summed E-state index contributed by atoms with van der Waals surface area (Å²) in [5, 5.41) is 12.2. The molecule has 1 aliphatic rings. The minimum Gasteiger partial charge on any atom is -0.395 e. The lowest BCUT2D eigenvalue weighted by molar-refractivity contribution is -0.115. The topological polar surface area (TPSA) is 56.7 Å². The molecule has 1 aromatic carbocycles. The number of amides is 1. The van der Waals surface area contributed by atoms with Crippen molar-refractivity contribution in [3.8, 4) is 0 Å². The number of carbonyl (C=O) groups excluding carboxylic acids is 1. The first-order valence-electron chi connectivity index (χ1n) is 8.34. The summed E-state index contributed by atoms with van der Waals surface area (Å²) in [4.78, 5) is 20.7. The SMILES string of the molecule is CC(=O)N(c1ccccc1)c1nc(CN2CCCC[C@@H]2CO)cs1. The lowest BCUT2D eigenvalue weighted by Crippen LogP contribution is -2.41. The number of hydrogen-bond acceptors (Lipinski definition) is 5. The van der Waals surface area contributed by atoms with E-state index in [4.69, 9.17) is 0 Å². The molecule has 1 fully saturated rings. The van der Waals surface area contributed by atoms with Gasteiger partial charge in [-0.1, -0.05) is 24.6 Å². The maximum absolute atomic E-state index is 12.1. The highest BCUT2D eigenvalue weighted by Crippen LogP contribution is 2.29. The summed E-state index contributed by atoms with van der Waals surface area (Å²) in [6.45, 7) is 3.47. The lowest BCUT2D eigenvalue weighted by atomic mass is 10.0. The molecule has 6 heteroatoms. The monoisotopic (exact) mass is 345 g/mol. The van der Waals surface area contributed by atoms with E-state index >= 15 is 0 Å². The summed E-state index contributed by atoms with van der Waals surface area (Å²) in [6.07, 6.45) is 3.38. The van der Waals surface area contributed by atoms with Gasteiger partial charge in [-0.3, -0.25) is 14.6 Å². The lowest BCUT2D eigenvalue weighted by Gasteiger charge is -2.33. The quantitative estimate of drug-likeness (QED) is 0.904. The average molecular weight is 345 g/mol. The summed E-state index contributed by atoms with van der Waals surface area (Å²) >= 11 is 1.48. The highest BCUT2D eigenvalue weighted by atomic mass is 32.1. The van der Waals surface area contributed by atoms with Gasteiger partial charge in [-0.15, -0.1) is 11.3 Å². The Morgan fingerprint density at radius 1 is 1.38 bits per heavy atom. The van der Waals surface area contributed by atoms with E-state index in [-0.39, 0.29) is 18.6 Å². The highest BCUT2D eigenvalue weighted by Gasteiger charge is 2.23. The zero-order valence-corrected chi connectivity index (χ0v) is 14.7. The molecule has 0 radical (unpaired) electrons. The van der Waals surface area contributed by atoms with Crippen molar-refractivity contribution >= 4 is 28.1 Å². The fourth-order valence-electron chi connectivity index (χ4n) is 3.16. The van der Waals surface area contributed by atoms with Gasteiger partial charge in [0.25, 0.3) is 0 Å². The van der Waals surface area contributed by atoms with Crippen molar-refractivity contribution in [2.24, 2.45) is 0 Å². The first-order chi connectivity index (χ1) is 11.7. The standard InChI is InChI=1S/C18H23N3O2S/c1-14(23)21(16-7-3-2-4-8-16)18-19-15(13-24-18)11-20-10-6-5-9-17(20)12-22/h2-4,7-8,13,17,22H,5-6,9-12H2,1H3/t17-/m1/s1. The molecule has 24 heavy (non-hydrogen) atoms. The number of aliphatic hydroxyl groups is 1. The van der Waals surface area contributed by atoms with Gasteiger partial charge in [0.05, 0.1) is 18.0 Å². The average Bonchev–Trinajstić information content (AvgIpc) is 3.04. The number of anilines is 2. The summed E-state index contributed by atoms with van der Waals surface area (Å²) in [5.74, 6) is -0.0479. The Balaban J connectivity index is 1.77. The number of likely N-dealkylation sites (tertiary alicyclic amines) is 1. The third-order valence-electron chi connectivity index (χ3n) is 4.39. The van der Waals surface area contributed by atoms with Crippen LogP contribution in [-0.4, -0.2) is 40.1 Å². The third kappa shape index (κ3) is 3.83. The molecule has 1 atom stereocenters. The summed E-state index contributed by atoms with van der Waals surface area (Å²) in [5.41, 5.74) is 1.79. The van der Waals surface area contributed by atoms with Crippen molar-refractivity contribution in [3.05, 3.63) is 41.4 Å². The number of carbonyl (C=O) groups is 1. The van der Waals surface area contributed by atoms with Gasteiger partial charge < -0.3 is 5.11 Å². The molecule has 0 unspecified atom stereocenters. The van der Waals surface area contributed by atoms with Gasteiger partial charge in [-0.25, -0.2) is 4.98 Å². The van der Waals surface area contributed by atoms with E-state index in [9.17, 15) is 9.90 Å². The van der Waals surface area contributed by atoms with Crippen LogP contribution in [0.15, 0.2) is 35.7 Å². The molecule has 1 aliphatic heterocycles. The van der Waals surface area contributed by atoms with Crippen molar-refractivity contribution in [1.82, 2.24) is 9.88 Å². The zero-order chi connectivity index (χ0) is 16.9. The van der Waals surface area contributed by atoms with E-state index in [0.29, 0.717) is 5.13 Å². The van der Waals surface area contributed by atoms with Crippen LogP contribution in [0.4, 0.5) is 10.8 Å². The molecule has 1 saturated heterocycles. The number of aliphatic hydroxyl groups excluding tert-OH is 1. The number of thiazole rings is 1. The predicted molar refractivity (Wildman–Crippen MR) is 96.5 cm³/mol. The Bertz CT molecular complexity index is 674. The van der Waals surface area contributed by atoms with Crippen LogP contribution in [0.25, 0.3) is 0 Å². The van der Waals surface area contributed by atoms with Gasteiger partial charge in [0.15, 0.2) is 5.13 Å². The molecule has 1 N–H and O–H groups in total. The van der Waals surface area contributed by atoms with Gasteiger partial charge in [-0.2, -0.15) is 0 Å². The van der Waals surface area contributed by atoms with Crippen LogP contribution in [0, 0.1) is 0 Å². The van der Waals surface area contributed by atoms with Crippen LogP contribution in [0.2, 0.25) is 0 Å². The molecule has 0 saturated carbocycles. The molecule has 1 aromatic heterocycles. The van der Waals surface area contributed by atoms with Crippen LogP contribution < -0.4 is 4.90 Å². The fourth-order valence-corrected chi connectivity index (χ4v) is 4.04. The molecule has 1 amide bonds. The van der Waals surface area contributed by atoms with E-state index in [2.05, 4.69) is 9.88 Å². The maximum atomic E-state index is 12.1. The Labute approximate surface area is 146 Å². The van der Waals surface area contributed by atoms with Crippen LogP contribution >= 0.6 is 11.3 Å². The molecule has 3 rings (SSSR count). The van der Waals surface area contributed by atoms with Crippen molar-refractivity contribution in [3.63, 3.8) is 0 Å². The van der Waals surface area contributed by atoms with Gasteiger partial charge in [-0.05, 0) is 31.5 Å². The number of para-hydroxylation sites is 1. The Hall–Kier alpha value is -1.76. The number of piperidine rings is 1. The Morgan fingerprint density at radius 3 is 2.88 bits per heavy atom. The summed E-state index contributed by atoms with van der Waals surface area (Å²) in [6, 6.07) is 9.81. The van der Waals surface area contributed by atoms with Crippen molar-refractivity contribution in [2.45, 2.75) is 38.8 Å². The molecule has 0 bridgehead atoms. The first-order valence-corrected chi connectivity index (χ1v) is 9.22. The molecular weight excluding hydrogens is 322 g/mol. The van der Waals surface area contributed by atoms with Gasteiger partial charge in [0, 0.05) is 24.9 Å². The van der Waals surface area contributed by atoms with Crippen LogP contribution in [0.5, 0.6) is 0 Å². The van der Waals surface area contributed by atoms with Gasteiger partial charge >= 0.3 is 0 Å². The maximum Gasteiger partial charge on any atom is 0.230 e. The second-order valence-corrected chi connectivity index (χ2v) is 6.95. The first kappa shape index (κ1) is 17.1. The minimum absolute atomic E-state index is 0.0479. The summed E-state index contributed by atoms with van der Waals surface area (Å²) in [7, 11) is 0. The highest BCUT2D eigenvalue weighted by molar-refractivity contribution is 7.14. The van der Waals surface area contributed by atoms with E-state index in [1.54, 1.807) is 11.8 Å². The number of aromatic nitrogens is 1. The molecule has 128 valence electrons. The largest absolute Gasteiger partial charge is 0.395 e. The number of rotatable bonds is 5. The molecule has 5 nitrogen and oxygen atoms in total. The Kier molecular flexibility index (Phi) is 5.60. The van der Waals surface area contributed by atoms with Gasteiger partial charge in [0.1, 0.15) is 0 Å². The second kappa shape index (κ2) is 7.88. The number of hydrogen-bond donors (Lipinski definition) is 1. The fraction of sp³-hybridized carbons (Fsp3) is 0.444. The van der Waals surface area contributed by atoms with Crippen LogP contribution in [0.1, 0.15) is 31.9 Å². The molecule has 2 aromatic rings. The van der Waals surface area contributed by atoms with Crippen molar-refractivity contribution in [1.29, 1.82) is 0 Å². The molecule has 2 heterocycles. The zero-order valence-electron chi connectivity index (χ0n) is 13.9. The normalized spacial score (nSPS) is 18.5. The number of nitrogens with zero attached hydrogens (tertiary/aromatic N) is 3. The Morgan fingerprint density at radius 2 is 2.17 bits per heavy atom.